The van der Waals surface area contributed by atoms with Crippen molar-refractivity contribution in [3.8, 4) is 6.07 Å². The van der Waals surface area contributed by atoms with Crippen LogP contribution in [0.2, 0.25) is 10.0 Å². The van der Waals surface area contributed by atoms with Crippen molar-refractivity contribution in [2.75, 3.05) is 6.54 Å². The van der Waals surface area contributed by atoms with Crippen molar-refractivity contribution >= 4 is 46.1 Å². The van der Waals surface area contributed by atoms with Crippen LogP contribution in [0.15, 0.2) is 54.2 Å². The van der Waals surface area contributed by atoms with Crippen LogP contribution in [0.5, 0.6) is 0 Å². The molecule has 1 aromatic heterocycles. The number of rotatable bonds is 5. The molecule has 2 N–H and O–H groups in total. The predicted octanol–water partition coefficient (Wildman–Crippen LogP) is 4.74. The number of halogens is 2. The number of nitrogens with one attached hydrogen (secondary N) is 2. The normalized spacial score (nSPS) is 11.3. The summed E-state index contributed by atoms with van der Waals surface area (Å²) in [6.45, 7) is 0.413. The molecule has 0 unspecified atom stereocenters. The summed E-state index contributed by atoms with van der Waals surface area (Å²) in [5, 5.41) is 14.0. The fourth-order valence-corrected chi connectivity index (χ4v) is 3.19. The van der Waals surface area contributed by atoms with Crippen LogP contribution in [0.3, 0.4) is 0 Å². The number of hydrogen-bond donors (Lipinski definition) is 2. The molecule has 0 radical (unpaired) electrons. The van der Waals surface area contributed by atoms with Crippen molar-refractivity contribution in [3.63, 3.8) is 0 Å². The van der Waals surface area contributed by atoms with E-state index in [9.17, 15) is 10.1 Å². The summed E-state index contributed by atoms with van der Waals surface area (Å²) in [4.78, 5) is 15.5. The Hall–Kier alpha value is -2.74. The molecule has 6 heteroatoms. The molecule has 0 aliphatic carbocycles. The molecule has 0 aliphatic heterocycles. The summed E-state index contributed by atoms with van der Waals surface area (Å²) in [7, 11) is 0. The maximum atomic E-state index is 12.3. The Labute approximate surface area is 161 Å². The van der Waals surface area contributed by atoms with Gasteiger partial charge in [-0.3, -0.25) is 4.79 Å². The summed E-state index contributed by atoms with van der Waals surface area (Å²) in [5.41, 5.74) is 2.58. The van der Waals surface area contributed by atoms with Gasteiger partial charge in [-0.15, -0.1) is 0 Å². The third-order valence-corrected chi connectivity index (χ3v) is 4.67. The lowest BCUT2D eigenvalue weighted by Crippen LogP contribution is -2.26. The van der Waals surface area contributed by atoms with Crippen LogP contribution in [0, 0.1) is 11.3 Å². The van der Waals surface area contributed by atoms with E-state index in [2.05, 4.69) is 10.3 Å². The minimum Gasteiger partial charge on any atom is -0.361 e. The maximum absolute atomic E-state index is 12.3. The van der Waals surface area contributed by atoms with Gasteiger partial charge in [0.05, 0.1) is 0 Å². The molecular formula is C20H15Cl2N3O. The molecule has 1 heterocycles. The summed E-state index contributed by atoms with van der Waals surface area (Å²) in [6, 6.07) is 14.9. The Balaban J connectivity index is 1.68. The van der Waals surface area contributed by atoms with E-state index in [0.29, 0.717) is 28.6 Å². The minimum atomic E-state index is -0.455. The average Bonchev–Trinajstić information content (AvgIpc) is 3.05. The van der Waals surface area contributed by atoms with Crippen molar-refractivity contribution in [1.29, 1.82) is 5.26 Å². The number of H-pyrrole nitrogens is 1. The molecule has 3 aromatic rings. The topological polar surface area (TPSA) is 68.7 Å². The third-order valence-electron chi connectivity index (χ3n) is 4.01. The number of benzene rings is 2. The SMILES string of the molecule is N#C/C(=C\c1c(Cl)cccc1Cl)C(=O)NCCc1c[nH]c2ccccc12. The first kappa shape index (κ1) is 18.1. The van der Waals surface area contributed by atoms with Gasteiger partial charge in [-0.25, -0.2) is 0 Å². The number of nitrogens with zero attached hydrogens (tertiary/aromatic N) is 1. The van der Waals surface area contributed by atoms with Crippen LogP contribution in [-0.4, -0.2) is 17.4 Å². The fraction of sp³-hybridized carbons (Fsp3) is 0.100. The predicted molar refractivity (Wildman–Crippen MR) is 105 cm³/mol. The van der Waals surface area contributed by atoms with E-state index in [-0.39, 0.29) is 5.57 Å². The quantitative estimate of drug-likeness (QED) is 0.493. The molecule has 130 valence electrons. The van der Waals surface area contributed by atoms with E-state index in [1.54, 1.807) is 18.2 Å². The molecule has 0 atom stereocenters. The number of hydrogen-bond acceptors (Lipinski definition) is 2. The van der Waals surface area contributed by atoms with Crippen molar-refractivity contribution in [1.82, 2.24) is 10.3 Å². The minimum absolute atomic E-state index is 0.0427. The molecule has 0 saturated carbocycles. The maximum Gasteiger partial charge on any atom is 0.261 e. The second-order valence-electron chi connectivity index (χ2n) is 5.67. The van der Waals surface area contributed by atoms with Crippen LogP contribution in [0.4, 0.5) is 0 Å². The van der Waals surface area contributed by atoms with Crippen molar-refractivity contribution in [2.45, 2.75) is 6.42 Å². The van der Waals surface area contributed by atoms with Gasteiger partial charge in [0.2, 0.25) is 0 Å². The van der Waals surface area contributed by atoms with Gasteiger partial charge in [0, 0.05) is 39.3 Å². The van der Waals surface area contributed by atoms with E-state index < -0.39 is 5.91 Å². The monoisotopic (exact) mass is 383 g/mol. The zero-order valence-corrected chi connectivity index (χ0v) is 15.2. The summed E-state index contributed by atoms with van der Waals surface area (Å²) < 4.78 is 0. The molecular weight excluding hydrogens is 369 g/mol. The molecule has 2 aromatic carbocycles. The highest BCUT2D eigenvalue weighted by molar-refractivity contribution is 6.37. The molecule has 0 spiro atoms. The largest absolute Gasteiger partial charge is 0.361 e. The fourth-order valence-electron chi connectivity index (χ4n) is 2.69. The van der Waals surface area contributed by atoms with Gasteiger partial charge >= 0.3 is 0 Å². The Kier molecular flexibility index (Phi) is 5.62. The molecule has 3 rings (SSSR count). The van der Waals surface area contributed by atoms with Crippen molar-refractivity contribution < 1.29 is 4.79 Å². The molecule has 26 heavy (non-hydrogen) atoms. The number of carbonyl (C=O) groups excluding carboxylic acids is 1. The molecule has 0 bridgehead atoms. The van der Waals surface area contributed by atoms with Crippen LogP contribution in [-0.2, 0) is 11.2 Å². The smallest absolute Gasteiger partial charge is 0.261 e. The van der Waals surface area contributed by atoms with Gasteiger partial charge in [0.1, 0.15) is 11.6 Å². The second-order valence-corrected chi connectivity index (χ2v) is 6.48. The van der Waals surface area contributed by atoms with E-state index >= 15 is 0 Å². The molecule has 0 saturated heterocycles. The van der Waals surface area contributed by atoms with Gasteiger partial charge < -0.3 is 10.3 Å². The van der Waals surface area contributed by atoms with Crippen LogP contribution in [0.25, 0.3) is 17.0 Å². The first-order valence-electron chi connectivity index (χ1n) is 7.99. The van der Waals surface area contributed by atoms with E-state index in [1.165, 1.54) is 6.08 Å². The summed E-state index contributed by atoms with van der Waals surface area (Å²) in [5.74, 6) is -0.455. The Morgan fingerprint density at radius 2 is 1.88 bits per heavy atom. The Bertz CT molecular complexity index is 1010. The van der Waals surface area contributed by atoms with E-state index in [0.717, 1.165) is 16.5 Å². The lowest BCUT2D eigenvalue weighted by atomic mass is 10.1. The van der Waals surface area contributed by atoms with Crippen molar-refractivity contribution in [3.05, 3.63) is 75.4 Å². The number of fused-ring (bicyclic) bond motifs is 1. The van der Waals surface area contributed by atoms with Gasteiger partial charge in [0.15, 0.2) is 0 Å². The molecule has 0 aliphatic rings. The molecule has 4 nitrogen and oxygen atoms in total. The van der Waals surface area contributed by atoms with Crippen LogP contribution >= 0.6 is 23.2 Å². The lowest BCUT2D eigenvalue weighted by molar-refractivity contribution is -0.117. The number of para-hydroxylation sites is 1. The highest BCUT2D eigenvalue weighted by Crippen LogP contribution is 2.26. The van der Waals surface area contributed by atoms with E-state index in [1.807, 2.05) is 36.5 Å². The number of aromatic amines is 1. The number of nitriles is 1. The van der Waals surface area contributed by atoms with Gasteiger partial charge in [0.25, 0.3) is 5.91 Å². The molecule has 1 amide bonds. The Morgan fingerprint density at radius 3 is 2.62 bits per heavy atom. The molecule has 0 fully saturated rings. The number of carbonyl (C=O) groups is 1. The van der Waals surface area contributed by atoms with E-state index in [4.69, 9.17) is 23.2 Å². The zero-order valence-electron chi connectivity index (χ0n) is 13.7. The average molecular weight is 384 g/mol. The first-order valence-corrected chi connectivity index (χ1v) is 8.74. The summed E-state index contributed by atoms with van der Waals surface area (Å²) >= 11 is 12.2. The summed E-state index contributed by atoms with van der Waals surface area (Å²) in [6.07, 6.45) is 3.99. The number of amides is 1. The van der Waals surface area contributed by atoms with Gasteiger partial charge in [-0.1, -0.05) is 47.5 Å². The van der Waals surface area contributed by atoms with Gasteiger partial charge in [-0.2, -0.15) is 5.26 Å². The van der Waals surface area contributed by atoms with Crippen LogP contribution in [0.1, 0.15) is 11.1 Å². The zero-order chi connectivity index (χ0) is 18.5. The third kappa shape index (κ3) is 3.91. The lowest BCUT2D eigenvalue weighted by Gasteiger charge is -2.05. The Morgan fingerprint density at radius 1 is 1.15 bits per heavy atom. The highest BCUT2D eigenvalue weighted by atomic mass is 35.5. The highest BCUT2D eigenvalue weighted by Gasteiger charge is 2.12. The standard InChI is InChI=1S/C20H15Cl2N3O/c21-17-5-3-6-18(22)16(17)10-14(11-23)20(26)24-9-8-13-12-25-19-7-2-1-4-15(13)19/h1-7,10,12,25H,8-9H2,(H,24,26)/b14-10+. The van der Waals surface area contributed by atoms with Crippen LogP contribution < -0.4 is 5.32 Å². The second kappa shape index (κ2) is 8.09. The van der Waals surface area contributed by atoms with Gasteiger partial charge in [-0.05, 0) is 36.3 Å². The first-order chi connectivity index (χ1) is 12.6. The number of aromatic nitrogens is 1. The van der Waals surface area contributed by atoms with Crippen molar-refractivity contribution in [2.24, 2.45) is 0 Å².